The fourth-order valence-corrected chi connectivity index (χ4v) is 3.30. The SMILES string of the molecule is Cc1cccc(C(C)C)c1NC(=O)[C@@H](C)OC(=O)c1ccc(-c2ccc(O)cc2)cc1. The number of nitrogens with one attached hydrogen (secondary N) is 1. The molecule has 3 aromatic rings. The summed E-state index contributed by atoms with van der Waals surface area (Å²) < 4.78 is 5.39. The van der Waals surface area contributed by atoms with Gasteiger partial charge in [0.25, 0.3) is 5.91 Å². The summed E-state index contributed by atoms with van der Waals surface area (Å²) in [4.78, 5) is 25.2. The van der Waals surface area contributed by atoms with Crippen molar-refractivity contribution in [3.8, 4) is 16.9 Å². The minimum Gasteiger partial charge on any atom is -0.508 e. The van der Waals surface area contributed by atoms with E-state index in [1.165, 1.54) is 0 Å². The summed E-state index contributed by atoms with van der Waals surface area (Å²) in [5.41, 5.74) is 4.96. The molecule has 0 radical (unpaired) electrons. The molecule has 0 unspecified atom stereocenters. The summed E-state index contributed by atoms with van der Waals surface area (Å²) in [5, 5.41) is 12.3. The Morgan fingerprint density at radius 3 is 2.03 bits per heavy atom. The number of carbonyl (C=O) groups excluding carboxylic acids is 2. The molecule has 0 bridgehead atoms. The van der Waals surface area contributed by atoms with Crippen molar-refractivity contribution in [3.05, 3.63) is 83.4 Å². The van der Waals surface area contributed by atoms with Crippen molar-refractivity contribution in [2.24, 2.45) is 0 Å². The van der Waals surface area contributed by atoms with Crippen LogP contribution >= 0.6 is 0 Å². The predicted molar refractivity (Wildman–Crippen MR) is 122 cm³/mol. The summed E-state index contributed by atoms with van der Waals surface area (Å²) in [7, 11) is 0. The molecule has 0 saturated carbocycles. The van der Waals surface area contributed by atoms with E-state index in [1.54, 1.807) is 55.5 Å². The third-order valence-corrected chi connectivity index (χ3v) is 5.15. The van der Waals surface area contributed by atoms with E-state index in [4.69, 9.17) is 4.74 Å². The molecule has 2 N–H and O–H groups in total. The molecule has 3 aromatic carbocycles. The number of rotatable bonds is 6. The molecule has 1 atom stereocenters. The Kier molecular flexibility index (Phi) is 6.75. The molecule has 0 aliphatic heterocycles. The molecular formula is C26H27NO4. The number of phenols is 1. The van der Waals surface area contributed by atoms with E-state index in [9.17, 15) is 14.7 Å². The second kappa shape index (κ2) is 9.47. The highest BCUT2D eigenvalue weighted by molar-refractivity contribution is 5.98. The van der Waals surface area contributed by atoms with Crippen LogP contribution in [0.2, 0.25) is 0 Å². The van der Waals surface area contributed by atoms with E-state index in [2.05, 4.69) is 19.2 Å². The van der Waals surface area contributed by atoms with Gasteiger partial charge in [-0.1, -0.05) is 56.3 Å². The first kappa shape index (κ1) is 22.1. The standard InChI is InChI=1S/C26H27NO4/c1-16(2)23-7-5-6-17(3)24(23)27-25(29)18(4)31-26(30)21-10-8-19(9-11-21)20-12-14-22(28)15-13-20/h5-16,18,28H,1-4H3,(H,27,29)/t18-/m1/s1. The largest absolute Gasteiger partial charge is 0.508 e. The molecule has 160 valence electrons. The molecule has 0 spiro atoms. The third-order valence-electron chi connectivity index (χ3n) is 5.15. The third kappa shape index (κ3) is 5.31. The molecule has 0 aromatic heterocycles. The molecule has 0 aliphatic rings. The topological polar surface area (TPSA) is 75.6 Å². The normalized spacial score (nSPS) is 11.8. The molecule has 3 rings (SSSR count). The number of amides is 1. The summed E-state index contributed by atoms with van der Waals surface area (Å²) in [6, 6.07) is 19.6. The number of para-hydroxylation sites is 1. The van der Waals surface area contributed by atoms with E-state index >= 15 is 0 Å². The van der Waals surface area contributed by atoms with Gasteiger partial charge in [0.1, 0.15) is 5.75 Å². The van der Waals surface area contributed by atoms with Crippen molar-refractivity contribution in [2.45, 2.75) is 39.7 Å². The fraction of sp³-hybridized carbons (Fsp3) is 0.231. The molecule has 0 heterocycles. The number of phenolic OH excluding ortho intramolecular Hbond substituents is 1. The van der Waals surface area contributed by atoms with E-state index in [0.717, 1.165) is 27.9 Å². The summed E-state index contributed by atoms with van der Waals surface area (Å²) in [6.45, 7) is 7.63. The number of anilines is 1. The Labute approximate surface area is 182 Å². The smallest absolute Gasteiger partial charge is 0.338 e. The van der Waals surface area contributed by atoms with E-state index in [0.29, 0.717) is 5.56 Å². The Morgan fingerprint density at radius 1 is 0.871 bits per heavy atom. The van der Waals surface area contributed by atoms with Gasteiger partial charge < -0.3 is 15.2 Å². The summed E-state index contributed by atoms with van der Waals surface area (Å²) in [5.74, 6) is -0.485. The van der Waals surface area contributed by atoms with Crippen molar-refractivity contribution in [2.75, 3.05) is 5.32 Å². The minimum atomic E-state index is -0.941. The summed E-state index contributed by atoms with van der Waals surface area (Å²) in [6.07, 6.45) is -0.941. The number of aromatic hydroxyl groups is 1. The lowest BCUT2D eigenvalue weighted by atomic mass is 9.98. The second-order valence-corrected chi connectivity index (χ2v) is 7.85. The highest BCUT2D eigenvalue weighted by Crippen LogP contribution is 2.28. The zero-order chi connectivity index (χ0) is 22.5. The molecule has 5 heteroatoms. The quantitative estimate of drug-likeness (QED) is 0.506. The van der Waals surface area contributed by atoms with Gasteiger partial charge in [-0.25, -0.2) is 4.79 Å². The maximum absolute atomic E-state index is 12.7. The Morgan fingerprint density at radius 2 is 1.45 bits per heavy atom. The van der Waals surface area contributed by atoms with Crippen molar-refractivity contribution in [1.82, 2.24) is 0 Å². The Balaban J connectivity index is 1.66. The van der Waals surface area contributed by atoms with Gasteiger partial charge in [0.05, 0.1) is 5.56 Å². The zero-order valence-corrected chi connectivity index (χ0v) is 18.2. The Bertz CT molecular complexity index is 1070. The molecule has 0 fully saturated rings. The zero-order valence-electron chi connectivity index (χ0n) is 18.2. The molecule has 0 aliphatic carbocycles. The number of ether oxygens (including phenoxy) is 1. The number of benzene rings is 3. The first-order valence-corrected chi connectivity index (χ1v) is 10.3. The van der Waals surface area contributed by atoms with Gasteiger partial charge in [0.15, 0.2) is 6.10 Å². The average molecular weight is 418 g/mol. The lowest BCUT2D eigenvalue weighted by molar-refractivity contribution is -0.123. The molecule has 5 nitrogen and oxygen atoms in total. The second-order valence-electron chi connectivity index (χ2n) is 7.85. The lowest BCUT2D eigenvalue weighted by Gasteiger charge is -2.19. The van der Waals surface area contributed by atoms with Crippen LogP contribution in [0, 0.1) is 6.92 Å². The van der Waals surface area contributed by atoms with Crippen LogP contribution in [0.5, 0.6) is 5.75 Å². The highest BCUT2D eigenvalue weighted by atomic mass is 16.5. The number of aryl methyl sites for hydroxylation is 1. The van der Waals surface area contributed by atoms with Crippen LogP contribution in [0.1, 0.15) is 48.2 Å². The summed E-state index contributed by atoms with van der Waals surface area (Å²) >= 11 is 0. The van der Waals surface area contributed by atoms with Gasteiger partial charge >= 0.3 is 5.97 Å². The molecule has 0 saturated heterocycles. The van der Waals surface area contributed by atoms with Crippen LogP contribution < -0.4 is 5.32 Å². The van der Waals surface area contributed by atoms with E-state index < -0.39 is 12.1 Å². The number of esters is 1. The lowest BCUT2D eigenvalue weighted by Crippen LogP contribution is -2.30. The predicted octanol–water partition coefficient (Wildman–Crippen LogP) is 5.68. The van der Waals surface area contributed by atoms with Crippen molar-refractivity contribution >= 4 is 17.6 Å². The van der Waals surface area contributed by atoms with Gasteiger partial charge in [-0.15, -0.1) is 0 Å². The van der Waals surface area contributed by atoms with Crippen molar-refractivity contribution in [3.63, 3.8) is 0 Å². The van der Waals surface area contributed by atoms with Crippen LogP contribution in [0.25, 0.3) is 11.1 Å². The van der Waals surface area contributed by atoms with Crippen molar-refractivity contribution < 1.29 is 19.4 Å². The van der Waals surface area contributed by atoms with Crippen molar-refractivity contribution in [1.29, 1.82) is 0 Å². The fourth-order valence-electron chi connectivity index (χ4n) is 3.30. The number of hydrogen-bond donors (Lipinski definition) is 2. The molecular weight excluding hydrogens is 390 g/mol. The monoisotopic (exact) mass is 417 g/mol. The van der Waals surface area contributed by atoms with Gasteiger partial charge in [-0.2, -0.15) is 0 Å². The number of carbonyl (C=O) groups is 2. The van der Waals surface area contributed by atoms with Crippen LogP contribution in [-0.2, 0) is 9.53 Å². The molecule has 1 amide bonds. The van der Waals surface area contributed by atoms with Crippen LogP contribution in [0.4, 0.5) is 5.69 Å². The van der Waals surface area contributed by atoms with Gasteiger partial charge in [-0.05, 0) is 66.3 Å². The van der Waals surface area contributed by atoms with Crippen LogP contribution in [0.15, 0.2) is 66.7 Å². The van der Waals surface area contributed by atoms with Gasteiger partial charge in [0.2, 0.25) is 0 Å². The van der Waals surface area contributed by atoms with Crippen LogP contribution in [-0.4, -0.2) is 23.1 Å². The van der Waals surface area contributed by atoms with E-state index in [-0.39, 0.29) is 17.6 Å². The maximum atomic E-state index is 12.7. The Hall–Kier alpha value is -3.60. The van der Waals surface area contributed by atoms with Crippen LogP contribution in [0.3, 0.4) is 0 Å². The van der Waals surface area contributed by atoms with Gasteiger partial charge in [0, 0.05) is 5.69 Å². The minimum absolute atomic E-state index is 0.197. The van der Waals surface area contributed by atoms with E-state index in [1.807, 2.05) is 25.1 Å². The number of hydrogen-bond acceptors (Lipinski definition) is 4. The van der Waals surface area contributed by atoms with Gasteiger partial charge in [-0.3, -0.25) is 4.79 Å². The first-order valence-electron chi connectivity index (χ1n) is 10.3. The average Bonchev–Trinajstić information content (AvgIpc) is 2.75. The first-order chi connectivity index (χ1) is 14.8. The maximum Gasteiger partial charge on any atom is 0.338 e. The highest BCUT2D eigenvalue weighted by Gasteiger charge is 2.21. The molecule has 31 heavy (non-hydrogen) atoms.